The number of hydrogen-bond donors (Lipinski definition) is 2. The highest BCUT2D eigenvalue weighted by molar-refractivity contribution is 5.80. The van der Waals surface area contributed by atoms with E-state index in [1.165, 1.54) is 25.8 Å². The lowest BCUT2D eigenvalue weighted by Crippen LogP contribution is -2.52. The normalized spacial score (nSPS) is 24.6. The summed E-state index contributed by atoms with van der Waals surface area (Å²) in [6.07, 6.45) is 6.00. The van der Waals surface area contributed by atoms with Crippen molar-refractivity contribution >= 4 is 5.96 Å². The molecule has 0 bridgehead atoms. The Morgan fingerprint density at radius 1 is 1.27 bits per heavy atom. The number of aromatic nitrogens is 3. The molecular weight excluding hydrogens is 326 g/mol. The lowest BCUT2D eigenvalue weighted by Gasteiger charge is -2.35. The summed E-state index contributed by atoms with van der Waals surface area (Å²) in [6.45, 7) is 10.9. The van der Waals surface area contributed by atoms with Gasteiger partial charge >= 0.3 is 0 Å². The second kappa shape index (κ2) is 8.84. The summed E-state index contributed by atoms with van der Waals surface area (Å²) in [6, 6.07) is 0.992. The van der Waals surface area contributed by atoms with Gasteiger partial charge in [0.25, 0.3) is 0 Å². The quantitative estimate of drug-likeness (QED) is 0.618. The molecule has 0 aliphatic carbocycles. The first-order valence-corrected chi connectivity index (χ1v) is 10.3. The molecule has 1 saturated heterocycles. The number of likely N-dealkylation sites (tertiary alicyclic amines) is 1. The molecule has 0 amide bonds. The number of hydrogen-bond acceptors (Lipinski definition) is 4. The van der Waals surface area contributed by atoms with E-state index in [0.29, 0.717) is 18.0 Å². The number of fused-ring (bicyclic) bond motifs is 1. The number of piperidine rings is 1. The zero-order chi connectivity index (χ0) is 18.5. The van der Waals surface area contributed by atoms with Crippen LogP contribution in [0.5, 0.6) is 0 Å². The molecular formula is C19H35N7. The van der Waals surface area contributed by atoms with E-state index < -0.39 is 0 Å². The fourth-order valence-electron chi connectivity index (χ4n) is 4.20. The molecule has 1 aromatic heterocycles. The van der Waals surface area contributed by atoms with E-state index in [0.717, 1.165) is 50.1 Å². The molecule has 1 aromatic rings. The fraction of sp³-hybridized carbons (Fsp3) is 0.842. The molecule has 0 saturated carbocycles. The van der Waals surface area contributed by atoms with Gasteiger partial charge in [0.15, 0.2) is 5.96 Å². The van der Waals surface area contributed by atoms with E-state index in [9.17, 15) is 0 Å². The number of guanidine groups is 1. The van der Waals surface area contributed by atoms with Crippen molar-refractivity contribution in [3.05, 3.63) is 11.6 Å². The first-order valence-electron chi connectivity index (χ1n) is 10.3. The molecule has 7 heteroatoms. The Hall–Kier alpha value is -1.63. The second-order valence-electron chi connectivity index (χ2n) is 7.85. The molecule has 7 nitrogen and oxygen atoms in total. The second-order valence-corrected chi connectivity index (χ2v) is 7.85. The van der Waals surface area contributed by atoms with E-state index in [2.05, 4.69) is 56.1 Å². The van der Waals surface area contributed by atoms with Gasteiger partial charge in [-0.15, -0.1) is 10.2 Å². The number of aliphatic imine (C=N–C) groups is 1. The van der Waals surface area contributed by atoms with Crippen molar-refractivity contribution in [2.75, 3.05) is 26.7 Å². The van der Waals surface area contributed by atoms with Crippen molar-refractivity contribution in [2.45, 2.75) is 77.4 Å². The third kappa shape index (κ3) is 4.37. The molecule has 3 heterocycles. The van der Waals surface area contributed by atoms with Crippen LogP contribution in [0.2, 0.25) is 0 Å². The topological polar surface area (TPSA) is 70.4 Å². The molecule has 3 rings (SSSR count). The number of likely N-dealkylation sites (N-methyl/N-ethyl adjacent to an activating group) is 1. The molecule has 26 heavy (non-hydrogen) atoms. The van der Waals surface area contributed by atoms with Gasteiger partial charge in [-0.25, -0.2) is 0 Å². The predicted molar refractivity (Wildman–Crippen MR) is 106 cm³/mol. The highest BCUT2D eigenvalue weighted by Crippen LogP contribution is 2.20. The zero-order valence-corrected chi connectivity index (χ0v) is 16.8. The minimum atomic E-state index is 0.371. The smallest absolute Gasteiger partial charge is 0.191 e. The highest BCUT2D eigenvalue weighted by Gasteiger charge is 2.25. The van der Waals surface area contributed by atoms with Gasteiger partial charge < -0.3 is 15.2 Å². The van der Waals surface area contributed by atoms with Crippen molar-refractivity contribution in [3.63, 3.8) is 0 Å². The average molecular weight is 362 g/mol. The van der Waals surface area contributed by atoms with E-state index >= 15 is 0 Å². The number of rotatable bonds is 5. The van der Waals surface area contributed by atoms with Gasteiger partial charge in [0, 0.05) is 44.6 Å². The first-order chi connectivity index (χ1) is 12.6. The number of nitrogens with one attached hydrogen (secondary N) is 2. The standard InChI is InChI=1S/C19H35N7/c1-5-25-11-7-6-8-16(25)12-21-19(20-4)22-15-9-10-17-23-24-18(14(2)3)26(17)13-15/h14-16H,5-13H2,1-4H3,(H2,20,21,22). The van der Waals surface area contributed by atoms with Crippen LogP contribution in [0.3, 0.4) is 0 Å². The Balaban J connectivity index is 1.54. The highest BCUT2D eigenvalue weighted by atomic mass is 15.3. The maximum absolute atomic E-state index is 4.45. The number of aryl methyl sites for hydroxylation is 1. The third-order valence-electron chi connectivity index (χ3n) is 5.72. The van der Waals surface area contributed by atoms with Gasteiger partial charge in [-0.05, 0) is 32.4 Å². The molecule has 0 radical (unpaired) electrons. The van der Waals surface area contributed by atoms with Gasteiger partial charge in [-0.3, -0.25) is 9.89 Å². The summed E-state index contributed by atoms with van der Waals surface area (Å²) in [4.78, 5) is 7.04. The molecule has 2 N–H and O–H groups in total. The summed E-state index contributed by atoms with van der Waals surface area (Å²) in [5, 5.41) is 15.9. The Morgan fingerprint density at radius 2 is 2.12 bits per heavy atom. The summed E-state index contributed by atoms with van der Waals surface area (Å²) < 4.78 is 2.29. The Labute approximate surface area is 157 Å². The molecule has 2 aliphatic rings. The molecule has 0 aromatic carbocycles. The molecule has 1 fully saturated rings. The van der Waals surface area contributed by atoms with Crippen LogP contribution < -0.4 is 10.6 Å². The van der Waals surface area contributed by atoms with Gasteiger partial charge in [-0.2, -0.15) is 0 Å². The van der Waals surface area contributed by atoms with Crippen molar-refractivity contribution in [1.82, 2.24) is 30.3 Å². The summed E-state index contributed by atoms with van der Waals surface area (Å²) >= 11 is 0. The maximum Gasteiger partial charge on any atom is 0.191 e. The van der Waals surface area contributed by atoms with Crippen LogP contribution in [0.4, 0.5) is 0 Å². The van der Waals surface area contributed by atoms with Crippen LogP contribution in [-0.2, 0) is 13.0 Å². The van der Waals surface area contributed by atoms with Crippen molar-refractivity contribution in [3.8, 4) is 0 Å². The minimum absolute atomic E-state index is 0.371. The Morgan fingerprint density at radius 3 is 2.85 bits per heavy atom. The van der Waals surface area contributed by atoms with Crippen LogP contribution in [-0.4, -0.2) is 64.4 Å². The summed E-state index contributed by atoms with van der Waals surface area (Å²) in [5.41, 5.74) is 0. The fourth-order valence-corrected chi connectivity index (χ4v) is 4.20. The van der Waals surface area contributed by atoms with Gasteiger partial charge in [0.1, 0.15) is 11.6 Å². The number of nitrogens with zero attached hydrogens (tertiary/aromatic N) is 5. The Kier molecular flexibility index (Phi) is 6.51. The lowest BCUT2D eigenvalue weighted by molar-refractivity contribution is 0.157. The average Bonchev–Trinajstić information content (AvgIpc) is 3.08. The van der Waals surface area contributed by atoms with Crippen LogP contribution in [0, 0.1) is 0 Å². The van der Waals surface area contributed by atoms with Crippen molar-refractivity contribution in [1.29, 1.82) is 0 Å². The van der Waals surface area contributed by atoms with Gasteiger partial charge in [0.05, 0.1) is 0 Å². The molecule has 146 valence electrons. The minimum Gasteiger partial charge on any atom is -0.355 e. The maximum atomic E-state index is 4.45. The molecule has 0 spiro atoms. The van der Waals surface area contributed by atoms with E-state index in [-0.39, 0.29) is 0 Å². The van der Waals surface area contributed by atoms with Crippen LogP contribution in [0.15, 0.2) is 4.99 Å². The molecule has 2 unspecified atom stereocenters. The summed E-state index contributed by atoms with van der Waals surface area (Å²) in [7, 11) is 1.86. The zero-order valence-electron chi connectivity index (χ0n) is 16.8. The monoisotopic (exact) mass is 361 g/mol. The van der Waals surface area contributed by atoms with Crippen LogP contribution >= 0.6 is 0 Å². The van der Waals surface area contributed by atoms with E-state index in [1.54, 1.807) is 0 Å². The van der Waals surface area contributed by atoms with Gasteiger partial charge in [0.2, 0.25) is 0 Å². The predicted octanol–water partition coefficient (Wildman–Crippen LogP) is 1.76. The van der Waals surface area contributed by atoms with E-state index in [1.807, 2.05) is 7.05 Å². The SMILES string of the molecule is CCN1CCCCC1CNC(=NC)NC1CCc2nnc(C(C)C)n2C1. The van der Waals surface area contributed by atoms with Crippen LogP contribution in [0.1, 0.15) is 64.0 Å². The summed E-state index contributed by atoms with van der Waals surface area (Å²) in [5.74, 6) is 3.53. The van der Waals surface area contributed by atoms with Crippen molar-refractivity contribution in [2.24, 2.45) is 4.99 Å². The van der Waals surface area contributed by atoms with Gasteiger partial charge in [-0.1, -0.05) is 27.2 Å². The molecule has 2 atom stereocenters. The van der Waals surface area contributed by atoms with E-state index in [4.69, 9.17) is 0 Å². The first kappa shape index (κ1) is 19.1. The Bertz CT molecular complexity index is 607. The largest absolute Gasteiger partial charge is 0.355 e. The third-order valence-corrected chi connectivity index (χ3v) is 5.72. The lowest BCUT2D eigenvalue weighted by atomic mass is 10.0. The van der Waals surface area contributed by atoms with Crippen molar-refractivity contribution < 1.29 is 0 Å². The molecule has 2 aliphatic heterocycles. The van der Waals surface area contributed by atoms with Crippen LogP contribution in [0.25, 0.3) is 0 Å².